The zero-order chi connectivity index (χ0) is 18.9. The molecule has 0 aromatic rings. The van der Waals surface area contributed by atoms with Gasteiger partial charge in [0, 0.05) is 5.57 Å². The number of aliphatic hydroxyl groups is 1. The van der Waals surface area contributed by atoms with E-state index in [0.29, 0.717) is 0 Å². The van der Waals surface area contributed by atoms with Crippen LogP contribution in [0.4, 0.5) is 0 Å². The Morgan fingerprint density at radius 2 is 1.80 bits per heavy atom. The van der Waals surface area contributed by atoms with Gasteiger partial charge in [0.25, 0.3) is 6.23 Å². The fourth-order valence-electron chi connectivity index (χ4n) is 1.92. The summed E-state index contributed by atoms with van der Waals surface area (Å²) >= 11 is 0. The third-order valence-electron chi connectivity index (χ3n) is 3.09. The second-order valence-electron chi connectivity index (χ2n) is 6.21. The Balaban J connectivity index is 0. The standard InChI is InChI=1S/C18H28NO5.ClH/c1-8-9-10-15(18(22)23-7)12-11-13(2)17(21)24-16(14(3)20)19(4,5)6;/h8-10,12,14,16,20H,1-2,11H2,3-7H3;1H/q+1;/p-1. The van der Waals surface area contributed by atoms with Gasteiger partial charge in [-0.25, -0.2) is 9.59 Å². The van der Waals surface area contributed by atoms with Crippen molar-refractivity contribution in [2.75, 3.05) is 28.3 Å². The zero-order valence-corrected chi connectivity index (χ0v) is 16.2. The monoisotopic (exact) mass is 373 g/mol. The van der Waals surface area contributed by atoms with Gasteiger partial charge in [0.1, 0.15) is 6.10 Å². The number of ether oxygens (including phenoxy) is 2. The fraction of sp³-hybridized carbons (Fsp3) is 0.444. The van der Waals surface area contributed by atoms with E-state index in [0.717, 1.165) is 0 Å². The van der Waals surface area contributed by atoms with Crippen molar-refractivity contribution >= 4 is 11.9 Å². The molecule has 0 rings (SSSR count). The summed E-state index contributed by atoms with van der Waals surface area (Å²) in [7, 11) is 6.70. The molecule has 2 unspecified atom stereocenters. The molecule has 142 valence electrons. The Bertz CT molecular complexity index is 544. The van der Waals surface area contributed by atoms with Crippen molar-refractivity contribution in [1.29, 1.82) is 0 Å². The summed E-state index contributed by atoms with van der Waals surface area (Å²) in [5, 5.41) is 9.78. The summed E-state index contributed by atoms with van der Waals surface area (Å²) in [6.45, 7) is 8.77. The van der Waals surface area contributed by atoms with E-state index in [2.05, 4.69) is 17.9 Å². The van der Waals surface area contributed by atoms with E-state index >= 15 is 0 Å². The summed E-state index contributed by atoms with van der Waals surface area (Å²) < 4.78 is 10.3. The third kappa shape index (κ3) is 9.24. The Hall–Kier alpha value is -1.89. The first-order chi connectivity index (χ1) is 11.0. The van der Waals surface area contributed by atoms with E-state index in [9.17, 15) is 14.7 Å². The van der Waals surface area contributed by atoms with E-state index in [1.165, 1.54) is 25.3 Å². The molecular weight excluding hydrogens is 346 g/mol. The molecule has 0 aromatic carbocycles. The minimum absolute atomic E-state index is 0. The van der Waals surface area contributed by atoms with Gasteiger partial charge in [-0.2, -0.15) is 0 Å². The number of hydrogen-bond donors (Lipinski definition) is 1. The van der Waals surface area contributed by atoms with Gasteiger partial charge in [-0.15, -0.1) is 0 Å². The summed E-state index contributed by atoms with van der Waals surface area (Å²) in [6, 6.07) is 0. The highest BCUT2D eigenvalue weighted by atomic mass is 35.5. The Kier molecular flexibility index (Phi) is 11.8. The lowest BCUT2D eigenvalue weighted by Crippen LogP contribution is -3.00. The maximum Gasteiger partial charge on any atom is 0.338 e. The van der Waals surface area contributed by atoms with Crippen LogP contribution < -0.4 is 12.4 Å². The molecule has 0 saturated carbocycles. The summed E-state index contributed by atoms with van der Waals surface area (Å²) in [5.41, 5.74) is 0.451. The molecule has 0 aliphatic carbocycles. The molecule has 1 N–H and O–H groups in total. The molecule has 0 aliphatic rings. The molecule has 0 heterocycles. The van der Waals surface area contributed by atoms with Crippen LogP contribution in [0, 0.1) is 0 Å². The average Bonchev–Trinajstić information content (AvgIpc) is 2.49. The van der Waals surface area contributed by atoms with Gasteiger partial charge >= 0.3 is 11.9 Å². The minimum atomic E-state index is -0.835. The molecule has 0 amide bonds. The smallest absolute Gasteiger partial charge is 0.338 e. The molecule has 7 heteroatoms. The number of likely N-dealkylation sites (N-methyl/N-ethyl adjacent to an activating group) is 1. The van der Waals surface area contributed by atoms with Crippen LogP contribution in [0.15, 0.2) is 48.6 Å². The number of esters is 2. The summed E-state index contributed by atoms with van der Waals surface area (Å²) in [4.78, 5) is 23.8. The molecular formula is C18H28ClNO5. The SMILES string of the molecule is C=CC=CC(=CCC(=C)C(=O)OC(C(C)O)[N+](C)(C)C)C(=O)OC.[Cl-]. The third-order valence-corrected chi connectivity index (χ3v) is 3.09. The highest BCUT2D eigenvalue weighted by Crippen LogP contribution is 2.14. The molecule has 0 fully saturated rings. The number of allylic oxidation sites excluding steroid dienone is 3. The number of quaternary nitrogens is 1. The number of methoxy groups -OCH3 is 1. The Morgan fingerprint density at radius 1 is 1.24 bits per heavy atom. The van der Waals surface area contributed by atoms with Crippen molar-refractivity contribution in [1.82, 2.24) is 0 Å². The first-order valence-corrected chi connectivity index (χ1v) is 7.50. The molecule has 0 aromatic heterocycles. The van der Waals surface area contributed by atoms with Crippen LogP contribution >= 0.6 is 0 Å². The van der Waals surface area contributed by atoms with Gasteiger partial charge in [0.2, 0.25) is 0 Å². The van der Waals surface area contributed by atoms with Crippen LogP contribution in [-0.4, -0.2) is 62.1 Å². The number of nitrogens with zero attached hydrogens (tertiary/aromatic N) is 1. The lowest BCUT2D eigenvalue weighted by atomic mass is 10.1. The summed E-state index contributed by atoms with van der Waals surface area (Å²) in [5.74, 6) is -1.15. The Morgan fingerprint density at radius 3 is 2.20 bits per heavy atom. The molecule has 0 aliphatic heterocycles. The topological polar surface area (TPSA) is 72.8 Å². The molecule has 0 saturated heterocycles. The number of carbonyl (C=O) groups excluding carboxylic acids is 2. The van der Waals surface area contributed by atoms with Crippen molar-refractivity contribution in [2.24, 2.45) is 0 Å². The van der Waals surface area contributed by atoms with E-state index in [4.69, 9.17) is 4.74 Å². The van der Waals surface area contributed by atoms with Crippen LogP contribution in [0.5, 0.6) is 0 Å². The van der Waals surface area contributed by atoms with Crippen LogP contribution in [0.1, 0.15) is 13.3 Å². The summed E-state index contributed by atoms with van der Waals surface area (Å²) in [6.07, 6.45) is 4.73. The predicted molar refractivity (Wildman–Crippen MR) is 92.8 cm³/mol. The lowest BCUT2D eigenvalue weighted by molar-refractivity contribution is -0.920. The van der Waals surface area contributed by atoms with Crippen molar-refractivity contribution in [3.63, 3.8) is 0 Å². The first kappa shape index (κ1) is 25.4. The van der Waals surface area contributed by atoms with E-state index in [1.54, 1.807) is 13.0 Å². The van der Waals surface area contributed by atoms with Gasteiger partial charge < -0.3 is 27.0 Å². The molecule has 0 bridgehead atoms. The average molecular weight is 374 g/mol. The predicted octanol–water partition coefficient (Wildman–Crippen LogP) is -1.27. The van der Waals surface area contributed by atoms with Crippen LogP contribution in [0.3, 0.4) is 0 Å². The van der Waals surface area contributed by atoms with Crippen molar-refractivity contribution in [3.8, 4) is 0 Å². The van der Waals surface area contributed by atoms with E-state index in [-0.39, 0.29) is 34.5 Å². The normalized spacial score (nSPS) is 14.2. The van der Waals surface area contributed by atoms with Gasteiger partial charge in [-0.05, 0) is 19.4 Å². The molecule has 0 spiro atoms. The molecule has 25 heavy (non-hydrogen) atoms. The second kappa shape index (κ2) is 11.6. The lowest BCUT2D eigenvalue weighted by Gasteiger charge is -2.34. The second-order valence-corrected chi connectivity index (χ2v) is 6.21. The number of halogens is 1. The number of hydrogen-bond acceptors (Lipinski definition) is 5. The quantitative estimate of drug-likeness (QED) is 0.179. The van der Waals surface area contributed by atoms with Crippen LogP contribution in [0.2, 0.25) is 0 Å². The molecule has 0 radical (unpaired) electrons. The largest absolute Gasteiger partial charge is 1.00 e. The minimum Gasteiger partial charge on any atom is -1.00 e. The fourth-order valence-corrected chi connectivity index (χ4v) is 1.92. The number of aliphatic hydroxyl groups excluding tert-OH is 1. The molecule has 2 atom stereocenters. The van der Waals surface area contributed by atoms with Crippen molar-refractivity contribution in [2.45, 2.75) is 25.7 Å². The number of carbonyl (C=O) groups is 2. The molecule has 6 nitrogen and oxygen atoms in total. The van der Waals surface area contributed by atoms with Gasteiger partial charge in [-0.3, -0.25) is 4.48 Å². The highest BCUT2D eigenvalue weighted by Gasteiger charge is 2.33. The van der Waals surface area contributed by atoms with E-state index in [1.807, 2.05) is 21.1 Å². The van der Waals surface area contributed by atoms with E-state index < -0.39 is 24.3 Å². The first-order valence-electron chi connectivity index (χ1n) is 7.50. The van der Waals surface area contributed by atoms with Gasteiger partial charge in [0.05, 0.1) is 33.8 Å². The Labute approximate surface area is 156 Å². The van der Waals surface area contributed by atoms with Gasteiger partial charge in [0.15, 0.2) is 0 Å². The van der Waals surface area contributed by atoms with Crippen molar-refractivity contribution in [3.05, 3.63) is 48.6 Å². The van der Waals surface area contributed by atoms with Crippen LogP contribution in [0.25, 0.3) is 0 Å². The maximum atomic E-state index is 12.1. The van der Waals surface area contributed by atoms with Crippen LogP contribution in [-0.2, 0) is 19.1 Å². The van der Waals surface area contributed by atoms with Crippen molar-refractivity contribution < 1.29 is 41.1 Å². The van der Waals surface area contributed by atoms with Gasteiger partial charge in [-0.1, -0.05) is 31.4 Å². The zero-order valence-electron chi connectivity index (χ0n) is 15.5. The maximum absolute atomic E-state index is 12.1. The highest BCUT2D eigenvalue weighted by molar-refractivity contribution is 5.92. The number of rotatable bonds is 9.